The molecule has 1 aromatic carbocycles. The predicted molar refractivity (Wildman–Crippen MR) is 87.8 cm³/mol. The minimum absolute atomic E-state index is 0.246. The van der Waals surface area contributed by atoms with Crippen LogP contribution in [0.15, 0.2) is 27.4 Å². The smallest absolute Gasteiger partial charge is 0.379 e. The van der Waals surface area contributed by atoms with Gasteiger partial charge in [-0.25, -0.2) is 4.79 Å². The molecule has 2 N–H and O–H groups in total. The molecule has 3 rings (SSSR count). The summed E-state index contributed by atoms with van der Waals surface area (Å²) >= 11 is 0. The molecule has 5 nitrogen and oxygen atoms in total. The van der Waals surface area contributed by atoms with Crippen LogP contribution in [-0.4, -0.2) is 31.3 Å². The van der Waals surface area contributed by atoms with Crippen LogP contribution in [0.2, 0.25) is 0 Å². The standard InChI is InChI=1S/C17H22N2O3/c1-11(2)10-12-15-13(19-8-6-18-7-9-19)4-3-5-14(15)22-17(21)16(12)20/h3-5,11,18,20H,6-10H2,1-2H3. The van der Waals surface area contributed by atoms with E-state index in [1.807, 2.05) is 12.1 Å². The zero-order chi connectivity index (χ0) is 15.7. The summed E-state index contributed by atoms with van der Waals surface area (Å²) in [6, 6.07) is 5.74. The summed E-state index contributed by atoms with van der Waals surface area (Å²) in [5.74, 6) is 0.0933. The van der Waals surface area contributed by atoms with Crippen molar-refractivity contribution in [2.24, 2.45) is 5.92 Å². The fraction of sp³-hybridized carbons (Fsp3) is 0.471. The number of benzene rings is 1. The lowest BCUT2D eigenvalue weighted by Gasteiger charge is -2.30. The minimum Gasteiger partial charge on any atom is -0.502 e. The van der Waals surface area contributed by atoms with E-state index in [9.17, 15) is 9.90 Å². The van der Waals surface area contributed by atoms with Gasteiger partial charge in [-0.2, -0.15) is 0 Å². The second kappa shape index (κ2) is 6.01. The maximum atomic E-state index is 11.9. The molecule has 0 radical (unpaired) electrons. The number of anilines is 1. The molecule has 0 bridgehead atoms. The summed E-state index contributed by atoms with van der Waals surface area (Å²) < 4.78 is 5.30. The first-order valence-electron chi connectivity index (χ1n) is 7.81. The molecule has 1 saturated heterocycles. The van der Waals surface area contributed by atoms with Crippen LogP contribution in [0.3, 0.4) is 0 Å². The number of fused-ring (bicyclic) bond motifs is 1. The van der Waals surface area contributed by atoms with Gasteiger partial charge in [-0.05, 0) is 24.5 Å². The third-order valence-corrected chi connectivity index (χ3v) is 4.06. The zero-order valence-electron chi connectivity index (χ0n) is 13.1. The van der Waals surface area contributed by atoms with Crippen molar-refractivity contribution in [2.45, 2.75) is 20.3 Å². The van der Waals surface area contributed by atoms with Crippen molar-refractivity contribution in [2.75, 3.05) is 31.1 Å². The SMILES string of the molecule is CC(C)Cc1c(O)c(=O)oc2cccc(N3CCNCC3)c12. The molecule has 1 aliphatic rings. The lowest BCUT2D eigenvalue weighted by molar-refractivity contribution is 0.418. The highest BCUT2D eigenvalue weighted by Crippen LogP contribution is 2.34. The fourth-order valence-electron chi connectivity index (χ4n) is 3.07. The van der Waals surface area contributed by atoms with Gasteiger partial charge in [0.2, 0.25) is 5.75 Å². The molecule has 0 unspecified atom stereocenters. The van der Waals surface area contributed by atoms with Crippen LogP contribution in [0, 0.1) is 5.92 Å². The van der Waals surface area contributed by atoms with Crippen LogP contribution in [0.1, 0.15) is 19.4 Å². The molecule has 0 amide bonds. The van der Waals surface area contributed by atoms with E-state index in [2.05, 4.69) is 24.1 Å². The Kier molecular flexibility index (Phi) is 4.07. The summed E-state index contributed by atoms with van der Waals surface area (Å²) in [6.45, 7) is 7.82. The van der Waals surface area contributed by atoms with Crippen molar-refractivity contribution in [1.29, 1.82) is 0 Å². The zero-order valence-corrected chi connectivity index (χ0v) is 13.1. The Labute approximate surface area is 129 Å². The maximum absolute atomic E-state index is 11.9. The van der Waals surface area contributed by atoms with Gasteiger partial charge in [0.05, 0.1) is 0 Å². The van der Waals surface area contributed by atoms with Gasteiger partial charge < -0.3 is 19.7 Å². The molecule has 2 aromatic rings. The molecular formula is C17H22N2O3. The van der Waals surface area contributed by atoms with E-state index in [0.717, 1.165) is 37.3 Å². The molecule has 1 aliphatic heterocycles. The molecule has 5 heteroatoms. The Morgan fingerprint density at radius 3 is 2.73 bits per heavy atom. The first-order valence-corrected chi connectivity index (χ1v) is 7.81. The molecule has 2 heterocycles. The van der Waals surface area contributed by atoms with Crippen LogP contribution >= 0.6 is 0 Å². The number of hydrogen-bond donors (Lipinski definition) is 2. The van der Waals surface area contributed by atoms with Crippen molar-refractivity contribution in [3.63, 3.8) is 0 Å². The third-order valence-electron chi connectivity index (χ3n) is 4.06. The Bertz CT molecular complexity index is 730. The summed E-state index contributed by atoms with van der Waals surface area (Å²) in [5, 5.41) is 14.4. The van der Waals surface area contributed by atoms with Crippen molar-refractivity contribution in [3.05, 3.63) is 34.2 Å². The number of nitrogens with one attached hydrogen (secondary N) is 1. The molecule has 1 aromatic heterocycles. The molecule has 1 fully saturated rings. The molecule has 0 aliphatic carbocycles. The van der Waals surface area contributed by atoms with Crippen LogP contribution in [0.5, 0.6) is 5.75 Å². The van der Waals surface area contributed by atoms with Crippen LogP contribution in [-0.2, 0) is 6.42 Å². The average molecular weight is 302 g/mol. The normalized spacial score (nSPS) is 15.7. The van der Waals surface area contributed by atoms with Gasteiger partial charge >= 0.3 is 5.63 Å². The quantitative estimate of drug-likeness (QED) is 0.850. The molecule has 118 valence electrons. The van der Waals surface area contributed by atoms with E-state index in [0.29, 0.717) is 23.5 Å². The van der Waals surface area contributed by atoms with Gasteiger partial charge in [0.15, 0.2) is 0 Å². The second-order valence-electron chi connectivity index (χ2n) is 6.20. The third kappa shape index (κ3) is 2.68. The van der Waals surface area contributed by atoms with E-state index in [1.165, 1.54) is 0 Å². The highest BCUT2D eigenvalue weighted by atomic mass is 16.4. The van der Waals surface area contributed by atoms with Gasteiger partial charge in [0.25, 0.3) is 0 Å². The van der Waals surface area contributed by atoms with Gasteiger partial charge in [-0.3, -0.25) is 0 Å². The molecule has 0 atom stereocenters. The topological polar surface area (TPSA) is 65.7 Å². The number of aromatic hydroxyl groups is 1. The van der Waals surface area contributed by atoms with Gasteiger partial charge in [-0.1, -0.05) is 19.9 Å². The Morgan fingerprint density at radius 1 is 1.32 bits per heavy atom. The lowest BCUT2D eigenvalue weighted by atomic mass is 9.97. The van der Waals surface area contributed by atoms with Crippen molar-refractivity contribution < 1.29 is 9.52 Å². The van der Waals surface area contributed by atoms with Gasteiger partial charge in [-0.15, -0.1) is 0 Å². The van der Waals surface area contributed by atoms with E-state index in [-0.39, 0.29) is 5.75 Å². The van der Waals surface area contributed by atoms with Crippen molar-refractivity contribution in [3.8, 4) is 5.75 Å². The Balaban J connectivity index is 2.24. The number of rotatable bonds is 3. The summed E-state index contributed by atoms with van der Waals surface area (Å²) in [5.41, 5.74) is 1.64. The van der Waals surface area contributed by atoms with E-state index in [1.54, 1.807) is 6.07 Å². The Hall–Kier alpha value is -2.01. The van der Waals surface area contributed by atoms with Gasteiger partial charge in [0.1, 0.15) is 5.58 Å². The summed E-state index contributed by atoms with van der Waals surface area (Å²) in [4.78, 5) is 14.2. The van der Waals surface area contributed by atoms with Crippen molar-refractivity contribution in [1.82, 2.24) is 5.32 Å². The first-order chi connectivity index (χ1) is 10.6. The molecular weight excluding hydrogens is 280 g/mol. The molecule has 22 heavy (non-hydrogen) atoms. The van der Waals surface area contributed by atoms with Crippen LogP contribution < -0.4 is 15.8 Å². The summed E-state index contributed by atoms with van der Waals surface area (Å²) in [6.07, 6.45) is 0.650. The fourth-order valence-corrected chi connectivity index (χ4v) is 3.07. The summed E-state index contributed by atoms with van der Waals surface area (Å²) in [7, 11) is 0. The van der Waals surface area contributed by atoms with Gasteiger partial charge in [0, 0.05) is 42.8 Å². The minimum atomic E-state index is -0.652. The monoisotopic (exact) mass is 302 g/mol. The van der Waals surface area contributed by atoms with Crippen molar-refractivity contribution >= 4 is 16.7 Å². The van der Waals surface area contributed by atoms with Crippen LogP contribution in [0.4, 0.5) is 5.69 Å². The van der Waals surface area contributed by atoms with E-state index >= 15 is 0 Å². The number of hydrogen-bond acceptors (Lipinski definition) is 5. The largest absolute Gasteiger partial charge is 0.502 e. The highest BCUT2D eigenvalue weighted by molar-refractivity contribution is 5.94. The second-order valence-corrected chi connectivity index (χ2v) is 6.20. The number of nitrogens with zero attached hydrogens (tertiary/aromatic N) is 1. The maximum Gasteiger partial charge on any atom is 0.379 e. The molecule has 0 saturated carbocycles. The molecule has 0 spiro atoms. The van der Waals surface area contributed by atoms with E-state index in [4.69, 9.17) is 4.42 Å². The van der Waals surface area contributed by atoms with E-state index < -0.39 is 5.63 Å². The van der Waals surface area contributed by atoms with Crippen LogP contribution in [0.25, 0.3) is 11.0 Å². The Morgan fingerprint density at radius 2 is 2.05 bits per heavy atom. The highest BCUT2D eigenvalue weighted by Gasteiger charge is 2.21. The average Bonchev–Trinajstić information content (AvgIpc) is 2.51. The lowest BCUT2D eigenvalue weighted by Crippen LogP contribution is -2.43. The predicted octanol–water partition coefficient (Wildman–Crippen LogP) is 2.11. The number of piperazine rings is 1. The first kappa shape index (κ1) is 14.9.